The highest BCUT2D eigenvalue weighted by atomic mass is 32.1. The van der Waals surface area contributed by atoms with E-state index < -0.39 is 11.9 Å². The van der Waals surface area contributed by atoms with E-state index in [9.17, 15) is 13.2 Å². The molecular formula is C21H24F3N5S. The van der Waals surface area contributed by atoms with E-state index in [1.54, 1.807) is 0 Å². The van der Waals surface area contributed by atoms with Crippen LogP contribution in [0.2, 0.25) is 0 Å². The maximum atomic E-state index is 13.0. The number of halogens is 3. The quantitative estimate of drug-likeness (QED) is 0.600. The van der Waals surface area contributed by atoms with Gasteiger partial charge in [0.2, 0.25) is 0 Å². The van der Waals surface area contributed by atoms with Crippen LogP contribution in [-0.4, -0.2) is 50.7 Å². The van der Waals surface area contributed by atoms with Crippen LogP contribution in [-0.2, 0) is 26.3 Å². The molecule has 0 unspecified atom stereocenters. The zero-order chi connectivity index (χ0) is 21.1. The van der Waals surface area contributed by atoms with Crippen molar-refractivity contribution >= 4 is 11.3 Å². The van der Waals surface area contributed by atoms with Crippen molar-refractivity contribution in [2.24, 2.45) is 7.05 Å². The average molecular weight is 436 g/mol. The highest BCUT2D eigenvalue weighted by molar-refractivity contribution is 7.15. The fourth-order valence-electron chi connectivity index (χ4n) is 3.74. The first-order valence-corrected chi connectivity index (χ1v) is 10.7. The standard InChI is InChI=1S/C21H24F3N5S/c1-27-20(21(22,23)24)13-18(26-27)19-7-6-17(30-19)15-29-10-4-9-28(11-12-29)14-16-5-2-3-8-25-16/h2-3,5-8,13H,4,9-12,14-15H2,1H3. The van der Waals surface area contributed by atoms with Crippen LogP contribution in [0.25, 0.3) is 10.6 Å². The zero-order valence-electron chi connectivity index (χ0n) is 16.8. The Balaban J connectivity index is 1.36. The van der Waals surface area contributed by atoms with Crippen LogP contribution in [0.3, 0.4) is 0 Å². The molecule has 4 heterocycles. The Kier molecular flexibility index (Phi) is 6.21. The molecule has 3 aromatic heterocycles. The fourth-order valence-corrected chi connectivity index (χ4v) is 4.74. The molecule has 1 fully saturated rings. The Morgan fingerprint density at radius 3 is 2.43 bits per heavy atom. The second-order valence-corrected chi connectivity index (χ2v) is 8.70. The van der Waals surface area contributed by atoms with Crippen molar-refractivity contribution in [3.8, 4) is 10.6 Å². The summed E-state index contributed by atoms with van der Waals surface area (Å²) in [7, 11) is 1.33. The summed E-state index contributed by atoms with van der Waals surface area (Å²) in [4.78, 5) is 11.2. The van der Waals surface area contributed by atoms with Crippen molar-refractivity contribution in [3.05, 3.63) is 58.9 Å². The van der Waals surface area contributed by atoms with E-state index in [1.165, 1.54) is 18.4 Å². The van der Waals surface area contributed by atoms with Gasteiger partial charge < -0.3 is 0 Å². The maximum absolute atomic E-state index is 13.0. The van der Waals surface area contributed by atoms with Crippen LogP contribution in [0.1, 0.15) is 22.7 Å². The molecule has 0 spiro atoms. The molecule has 0 aromatic carbocycles. The Morgan fingerprint density at radius 2 is 1.77 bits per heavy atom. The Bertz CT molecular complexity index is 967. The SMILES string of the molecule is Cn1nc(-c2ccc(CN3CCCN(Cc4ccccn4)CC3)s2)cc1C(F)(F)F. The molecule has 0 bridgehead atoms. The van der Waals surface area contributed by atoms with E-state index >= 15 is 0 Å². The summed E-state index contributed by atoms with van der Waals surface area (Å²) in [5.74, 6) is 0. The molecule has 1 saturated heterocycles. The van der Waals surface area contributed by atoms with Gasteiger partial charge in [-0.05, 0) is 49.8 Å². The minimum atomic E-state index is -4.40. The normalized spacial score (nSPS) is 16.7. The largest absolute Gasteiger partial charge is 0.433 e. The molecule has 5 nitrogen and oxygen atoms in total. The van der Waals surface area contributed by atoms with Gasteiger partial charge in [0.1, 0.15) is 11.4 Å². The zero-order valence-corrected chi connectivity index (χ0v) is 17.6. The monoisotopic (exact) mass is 435 g/mol. The number of rotatable bonds is 5. The van der Waals surface area contributed by atoms with E-state index in [-0.39, 0.29) is 0 Å². The summed E-state index contributed by atoms with van der Waals surface area (Å²) < 4.78 is 40.0. The highest BCUT2D eigenvalue weighted by Gasteiger charge is 2.35. The molecule has 0 N–H and O–H groups in total. The molecule has 0 atom stereocenters. The number of pyridine rings is 1. The molecule has 0 aliphatic carbocycles. The number of nitrogens with zero attached hydrogens (tertiary/aromatic N) is 5. The van der Waals surface area contributed by atoms with Crippen LogP contribution < -0.4 is 0 Å². The number of hydrogen-bond donors (Lipinski definition) is 0. The van der Waals surface area contributed by atoms with E-state index in [4.69, 9.17) is 0 Å². The molecule has 3 aromatic rings. The average Bonchev–Trinajstić information content (AvgIpc) is 3.26. The number of hydrogen-bond acceptors (Lipinski definition) is 5. The number of alkyl halides is 3. The van der Waals surface area contributed by atoms with Crippen molar-refractivity contribution in [1.29, 1.82) is 0 Å². The van der Waals surface area contributed by atoms with Crippen molar-refractivity contribution in [1.82, 2.24) is 24.6 Å². The molecule has 0 amide bonds. The smallest absolute Gasteiger partial charge is 0.297 e. The minimum absolute atomic E-state index is 0.374. The minimum Gasteiger partial charge on any atom is -0.297 e. The van der Waals surface area contributed by atoms with Crippen LogP contribution in [0.15, 0.2) is 42.6 Å². The first kappa shape index (κ1) is 21.0. The first-order valence-electron chi connectivity index (χ1n) is 9.93. The summed E-state index contributed by atoms with van der Waals surface area (Å²) in [6.07, 6.45) is -1.49. The van der Waals surface area contributed by atoms with Gasteiger partial charge in [0, 0.05) is 44.3 Å². The lowest BCUT2D eigenvalue weighted by molar-refractivity contribution is -0.143. The van der Waals surface area contributed by atoms with E-state index in [0.717, 1.165) is 71.9 Å². The summed E-state index contributed by atoms with van der Waals surface area (Å²) in [6, 6.07) is 11.0. The third-order valence-electron chi connectivity index (χ3n) is 5.26. The van der Waals surface area contributed by atoms with Gasteiger partial charge >= 0.3 is 6.18 Å². The third-order valence-corrected chi connectivity index (χ3v) is 6.35. The molecular weight excluding hydrogens is 411 g/mol. The van der Waals surface area contributed by atoms with Gasteiger partial charge in [0.05, 0.1) is 10.6 Å². The molecule has 0 radical (unpaired) electrons. The Morgan fingerprint density at radius 1 is 1.00 bits per heavy atom. The van der Waals surface area contributed by atoms with Crippen molar-refractivity contribution in [2.75, 3.05) is 26.2 Å². The highest BCUT2D eigenvalue weighted by Crippen LogP contribution is 2.34. The topological polar surface area (TPSA) is 37.2 Å². The second-order valence-electron chi connectivity index (χ2n) is 7.53. The first-order chi connectivity index (χ1) is 14.4. The van der Waals surface area contributed by atoms with Gasteiger partial charge in [-0.1, -0.05) is 6.07 Å². The lowest BCUT2D eigenvalue weighted by Gasteiger charge is -2.21. The van der Waals surface area contributed by atoms with Gasteiger partial charge in [0.15, 0.2) is 0 Å². The van der Waals surface area contributed by atoms with Crippen molar-refractivity contribution in [2.45, 2.75) is 25.7 Å². The van der Waals surface area contributed by atoms with Gasteiger partial charge in [-0.25, -0.2) is 0 Å². The molecule has 1 aliphatic rings. The Labute approximate surface area is 177 Å². The summed E-state index contributed by atoms with van der Waals surface area (Å²) >= 11 is 1.51. The predicted molar refractivity (Wildman–Crippen MR) is 111 cm³/mol. The van der Waals surface area contributed by atoms with Crippen molar-refractivity contribution < 1.29 is 13.2 Å². The van der Waals surface area contributed by atoms with Gasteiger partial charge in [-0.2, -0.15) is 18.3 Å². The molecule has 160 valence electrons. The van der Waals surface area contributed by atoms with Gasteiger partial charge in [-0.3, -0.25) is 19.5 Å². The summed E-state index contributed by atoms with van der Waals surface area (Å²) in [5, 5.41) is 4.05. The van der Waals surface area contributed by atoms with E-state index in [2.05, 4.69) is 25.9 Å². The fraction of sp³-hybridized carbons (Fsp3) is 0.429. The van der Waals surface area contributed by atoms with E-state index in [0.29, 0.717) is 5.69 Å². The van der Waals surface area contributed by atoms with E-state index in [1.807, 2.05) is 30.5 Å². The number of thiophene rings is 1. The number of aryl methyl sites for hydroxylation is 1. The summed E-state index contributed by atoms with van der Waals surface area (Å²) in [6.45, 7) is 5.65. The lowest BCUT2D eigenvalue weighted by Crippen LogP contribution is -2.30. The van der Waals surface area contributed by atoms with Gasteiger partial charge in [0.25, 0.3) is 0 Å². The molecule has 9 heteroatoms. The summed E-state index contributed by atoms with van der Waals surface area (Å²) in [5.41, 5.74) is 0.730. The van der Waals surface area contributed by atoms with Gasteiger partial charge in [-0.15, -0.1) is 11.3 Å². The van der Waals surface area contributed by atoms with Crippen LogP contribution >= 0.6 is 11.3 Å². The second kappa shape index (κ2) is 8.87. The molecule has 30 heavy (non-hydrogen) atoms. The molecule has 1 aliphatic heterocycles. The maximum Gasteiger partial charge on any atom is 0.433 e. The Hall–Kier alpha value is -2.23. The lowest BCUT2D eigenvalue weighted by atomic mass is 10.3. The predicted octanol–water partition coefficient (Wildman–Crippen LogP) is 4.27. The third kappa shape index (κ3) is 5.08. The van der Waals surface area contributed by atoms with Crippen molar-refractivity contribution in [3.63, 3.8) is 0 Å². The molecule has 4 rings (SSSR count). The van der Waals surface area contributed by atoms with Crippen LogP contribution in [0.4, 0.5) is 13.2 Å². The van der Waals surface area contributed by atoms with Crippen LogP contribution in [0, 0.1) is 0 Å². The number of aromatic nitrogens is 3. The van der Waals surface area contributed by atoms with Crippen LogP contribution in [0.5, 0.6) is 0 Å². The molecule has 0 saturated carbocycles.